The zero-order valence-electron chi connectivity index (χ0n) is 24.7. The molecule has 0 saturated heterocycles. The summed E-state index contributed by atoms with van der Waals surface area (Å²) in [6.45, 7) is 7.89. The van der Waals surface area contributed by atoms with Crippen LogP contribution in [-0.2, 0) is 14.4 Å². The highest BCUT2D eigenvalue weighted by atomic mass is 16.3. The summed E-state index contributed by atoms with van der Waals surface area (Å²) in [7, 11) is 0. The molecule has 236 valence electrons. The van der Waals surface area contributed by atoms with Crippen LogP contribution in [0, 0.1) is 0 Å². The maximum atomic E-state index is 12.9. The molecule has 40 heavy (non-hydrogen) atoms. The van der Waals surface area contributed by atoms with E-state index in [-0.39, 0.29) is 0 Å². The van der Waals surface area contributed by atoms with Gasteiger partial charge in [0, 0.05) is 19.6 Å². The van der Waals surface area contributed by atoms with Crippen LogP contribution in [0.4, 0.5) is 0 Å². The van der Waals surface area contributed by atoms with E-state index in [1.54, 1.807) is 0 Å². The molecule has 0 aliphatic carbocycles. The van der Waals surface area contributed by atoms with E-state index < -0.39 is 36.2 Å². The Hall–Kier alpha value is -1.87. The predicted octanol–water partition coefficient (Wildman–Crippen LogP) is -2.00. The Morgan fingerprint density at radius 2 is 0.800 bits per heavy atom. The van der Waals surface area contributed by atoms with Crippen molar-refractivity contribution in [2.45, 2.75) is 76.2 Å². The number of hydrogen-bond donors (Lipinski definition) is 10. The van der Waals surface area contributed by atoms with Crippen molar-refractivity contribution in [3.63, 3.8) is 0 Å². The van der Waals surface area contributed by atoms with Gasteiger partial charge in [-0.2, -0.15) is 0 Å². The van der Waals surface area contributed by atoms with E-state index in [2.05, 4.69) is 31.9 Å². The summed E-state index contributed by atoms with van der Waals surface area (Å²) >= 11 is 0. The summed E-state index contributed by atoms with van der Waals surface area (Å²) in [4.78, 5) is 38.1. The number of aliphatic hydroxyl groups is 1. The molecule has 0 aliphatic heterocycles. The van der Waals surface area contributed by atoms with Crippen molar-refractivity contribution in [3.8, 4) is 0 Å². The average molecular weight is 574 g/mol. The third kappa shape index (κ3) is 22.9. The van der Waals surface area contributed by atoms with E-state index in [0.29, 0.717) is 65.1 Å². The fraction of sp³-hybridized carbons (Fsp3) is 0.889. The molecule has 0 aromatic rings. The third-order valence-electron chi connectivity index (χ3n) is 6.27. The quantitative estimate of drug-likeness (QED) is 0.0443. The minimum atomic E-state index is -2.14. The maximum Gasteiger partial charge on any atom is 0.253 e. The van der Waals surface area contributed by atoms with Crippen molar-refractivity contribution in [1.82, 2.24) is 31.9 Å². The molecular formula is C27H59N9O4. The van der Waals surface area contributed by atoms with Gasteiger partial charge >= 0.3 is 0 Å². The topological polar surface area (TPSA) is 222 Å². The Labute approximate surface area is 241 Å². The zero-order chi connectivity index (χ0) is 29.7. The molecule has 0 saturated carbocycles. The lowest BCUT2D eigenvalue weighted by Crippen LogP contribution is -2.52. The molecule has 0 aliphatic rings. The first kappa shape index (κ1) is 38.1. The number of nitrogens with one attached hydrogen (secondary N) is 6. The van der Waals surface area contributed by atoms with Gasteiger partial charge in [-0.05, 0) is 117 Å². The molecule has 0 atom stereocenters. The largest absolute Gasteiger partial charge is 0.379 e. The second-order valence-electron chi connectivity index (χ2n) is 10.1. The van der Waals surface area contributed by atoms with Gasteiger partial charge in [-0.15, -0.1) is 0 Å². The van der Waals surface area contributed by atoms with Gasteiger partial charge in [0.2, 0.25) is 11.8 Å². The second-order valence-corrected chi connectivity index (χ2v) is 10.1. The molecule has 13 nitrogen and oxygen atoms in total. The fourth-order valence-electron chi connectivity index (χ4n) is 3.90. The lowest BCUT2D eigenvalue weighted by Gasteiger charge is -2.26. The lowest BCUT2D eigenvalue weighted by molar-refractivity contribution is -0.149. The van der Waals surface area contributed by atoms with Crippen LogP contribution in [0.5, 0.6) is 0 Å². The molecule has 0 unspecified atom stereocenters. The third-order valence-corrected chi connectivity index (χ3v) is 6.27. The molecule has 0 fully saturated rings. The van der Waals surface area contributed by atoms with Crippen molar-refractivity contribution in [1.29, 1.82) is 0 Å². The highest BCUT2D eigenvalue weighted by Crippen LogP contribution is 2.16. The molecule has 3 amide bonds. The van der Waals surface area contributed by atoms with E-state index in [0.717, 1.165) is 71.2 Å². The molecule has 0 aromatic heterocycles. The van der Waals surface area contributed by atoms with E-state index in [4.69, 9.17) is 17.2 Å². The van der Waals surface area contributed by atoms with Crippen molar-refractivity contribution in [2.24, 2.45) is 17.2 Å². The first-order valence-corrected chi connectivity index (χ1v) is 15.2. The monoisotopic (exact) mass is 573 g/mol. The summed E-state index contributed by atoms with van der Waals surface area (Å²) in [5.41, 5.74) is 14.3. The van der Waals surface area contributed by atoms with Gasteiger partial charge in [0.25, 0.3) is 5.91 Å². The molecule has 13 N–H and O–H groups in total. The van der Waals surface area contributed by atoms with E-state index in [9.17, 15) is 19.5 Å². The minimum Gasteiger partial charge on any atom is -0.379 e. The van der Waals surface area contributed by atoms with Crippen molar-refractivity contribution < 1.29 is 19.5 Å². The molecule has 0 heterocycles. The van der Waals surface area contributed by atoms with Crippen LogP contribution in [0.15, 0.2) is 0 Å². The Kier molecular flexibility index (Phi) is 26.0. The van der Waals surface area contributed by atoms with Crippen LogP contribution in [0.25, 0.3) is 0 Å². The van der Waals surface area contributed by atoms with Gasteiger partial charge in [-0.1, -0.05) is 0 Å². The summed E-state index contributed by atoms with van der Waals surface area (Å²) in [6.07, 6.45) is 6.97. The molecule has 0 bridgehead atoms. The predicted molar refractivity (Wildman–Crippen MR) is 161 cm³/mol. The lowest BCUT2D eigenvalue weighted by atomic mass is 9.93. The second kappa shape index (κ2) is 27.3. The normalized spacial score (nSPS) is 11.4. The summed E-state index contributed by atoms with van der Waals surface area (Å²) in [5, 5.41) is 29.2. The number of amides is 3. The Morgan fingerprint density at radius 1 is 0.475 bits per heavy atom. The van der Waals surface area contributed by atoms with Gasteiger partial charge < -0.3 is 54.2 Å². The standard InChI is InChI=1S/C27H59N9O4/c28-10-1-4-13-31-16-7-19-34-24(37)22-27(40,26(39)36-21-9-18-33-15-6-3-12-30)23-25(38)35-20-8-17-32-14-5-2-11-29/h31-33,40H,1-23,28-30H2,(H,34,37)(H,35,38)(H,36,39). The van der Waals surface area contributed by atoms with Crippen LogP contribution in [0.1, 0.15) is 70.6 Å². The van der Waals surface area contributed by atoms with Crippen molar-refractivity contribution in [2.75, 3.05) is 78.5 Å². The molecule has 0 rings (SSSR count). The molecule has 0 spiro atoms. The minimum absolute atomic E-state index is 0.319. The van der Waals surface area contributed by atoms with Crippen LogP contribution in [-0.4, -0.2) is 107 Å². The van der Waals surface area contributed by atoms with Crippen molar-refractivity contribution in [3.05, 3.63) is 0 Å². The molecule has 0 aromatic carbocycles. The summed E-state index contributed by atoms with van der Waals surface area (Å²) < 4.78 is 0. The van der Waals surface area contributed by atoms with Crippen LogP contribution in [0.3, 0.4) is 0 Å². The smallest absolute Gasteiger partial charge is 0.253 e. The van der Waals surface area contributed by atoms with E-state index >= 15 is 0 Å². The Balaban J connectivity index is 4.61. The van der Waals surface area contributed by atoms with Gasteiger partial charge in [0.05, 0.1) is 12.8 Å². The van der Waals surface area contributed by atoms with Gasteiger partial charge in [0.1, 0.15) is 0 Å². The molecule has 13 heteroatoms. The average Bonchev–Trinajstić information content (AvgIpc) is 2.92. The zero-order valence-corrected chi connectivity index (χ0v) is 24.7. The number of carbonyl (C=O) groups excluding carboxylic acids is 3. The first-order chi connectivity index (χ1) is 19.4. The van der Waals surface area contributed by atoms with E-state index in [1.165, 1.54) is 0 Å². The number of unbranched alkanes of at least 4 members (excludes halogenated alkanes) is 3. The van der Waals surface area contributed by atoms with Crippen LogP contribution < -0.4 is 49.1 Å². The van der Waals surface area contributed by atoms with Crippen molar-refractivity contribution >= 4 is 17.7 Å². The number of nitrogens with two attached hydrogens (primary N) is 3. The van der Waals surface area contributed by atoms with E-state index in [1.807, 2.05) is 0 Å². The van der Waals surface area contributed by atoms with Gasteiger partial charge in [0.15, 0.2) is 5.60 Å². The Morgan fingerprint density at radius 3 is 1.15 bits per heavy atom. The van der Waals surface area contributed by atoms with Gasteiger partial charge in [-0.3, -0.25) is 14.4 Å². The van der Waals surface area contributed by atoms with Gasteiger partial charge in [-0.25, -0.2) is 0 Å². The molecule has 0 radical (unpaired) electrons. The number of rotatable bonds is 29. The SMILES string of the molecule is NCCCCNCCCNC(=O)CC(O)(CC(=O)NCCCNCCCCN)C(=O)NCCCNCCCCN. The molecular weight excluding hydrogens is 514 g/mol. The highest BCUT2D eigenvalue weighted by Gasteiger charge is 2.40. The number of hydrogen-bond acceptors (Lipinski definition) is 10. The maximum absolute atomic E-state index is 12.9. The fourth-order valence-corrected chi connectivity index (χ4v) is 3.90. The van der Waals surface area contributed by atoms with Crippen LogP contribution in [0.2, 0.25) is 0 Å². The summed E-state index contributed by atoms with van der Waals surface area (Å²) in [5.74, 6) is -1.67. The summed E-state index contributed by atoms with van der Waals surface area (Å²) in [6, 6.07) is 0. The first-order valence-electron chi connectivity index (χ1n) is 15.2. The highest BCUT2D eigenvalue weighted by molar-refractivity contribution is 5.95. The van der Waals surface area contributed by atoms with Crippen LogP contribution >= 0.6 is 0 Å². The number of carbonyl (C=O) groups is 3. The Bertz CT molecular complexity index is 607.